The van der Waals surface area contributed by atoms with Gasteiger partial charge in [-0.25, -0.2) is 0 Å². The van der Waals surface area contributed by atoms with Crippen molar-refractivity contribution >= 4 is 41.5 Å². The SMILES string of the molecule is CCC1Oc2c([CH]=[Ru]([Cl])[Cl])cccc2N(C(=O)c2ccccc2)C1=O. The molecule has 25 heavy (non-hydrogen) atoms. The summed E-state index contributed by atoms with van der Waals surface area (Å²) in [6, 6.07) is 14.0. The van der Waals surface area contributed by atoms with E-state index in [0.29, 0.717) is 29.0 Å². The third-order valence-electron chi connectivity index (χ3n) is 3.80. The Morgan fingerprint density at radius 1 is 1.20 bits per heavy atom. The molecule has 0 saturated heterocycles. The summed E-state index contributed by atoms with van der Waals surface area (Å²) in [7, 11) is 12.0. The number of para-hydroxylation sites is 1. The Morgan fingerprint density at radius 2 is 1.92 bits per heavy atom. The van der Waals surface area contributed by atoms with Crippen molar-refractivity contribution in [3.63, 3.8) is 0 Å². The molecule has 2 aromatic carbocycles. The Hall–Kier alpha value is -1.55. The standard InChI is InChI=1S/C18H15NO3.2ClH.Ru/c1-3-15-18(21)19(17(20)13-9-5-4-6-10-13)14-11-7-8-12(2)16(14)22-15;;;/h2,4-11,15H,3H2,1H3;2*1H;/q;;;+2/p-2. The third kappa shape index (κ3) is 3.69. The van der Waals surface area contributed by atoms with E-state index in [1.807, 2.05) is 19.1 Å². The van der Waals surface area contributed by atoms with Crippen LogP contribution >= 0.6 is 19.4 Å². The first-order valence-electron chi connectivity index (χ1n) is 7.59. The average molecular weight is 465 g/mol. The fraction of sp³-hybridized carbons (Fsp3) is 0.167. The van der Waals surface area contributed by atoms with E-state index in [2.05, 4.69) is 0 Å². The van der Waals surface area contributed by atoms with Gasteiger partial charge in [-0.3, -0.25) is 0 Å². The van der Waals surface area contributed by atoms with Crippen molar-refractivity contribution in [2.24, 2.45) is 0 Å². The van der Waals surface area contributed by atoms with Gasteiger partial charge in [0.2, 0.25) is 0 Å². The number of nitrogens with zero attached hydrogens (tertiary/aromatic N) is 1. The summed E-state index contributed by atoms with van der Waals surface area (Å²) in [4.78, 5) is 27.0. The zero-order chi connectivity index (χ0) is 18.0. The first-order valence-corrected chi connectivity index (χ1v) is 13.1. The summed E-state index contributed by atoms with van der Waals surface area (Å²) >= 11 is -2.09. The van der Waals surface area contributed by atoms with E-state index in [1.165, 1.54) is 4.90 Å². The van der Waals surface area contributed by atoms with Crippen molar-refractivity contribution in [2.45, 2.75) is 19.4 Å². The molecule has 132 valence electrons. The van der Waals surface area contributed by atoms with Gasteiger partial charge in [-0.05, 0) is 0 Å². The van der Waals surface area contributed by atoms with E-state index in [9.17, 15) is 9.59 Å². The van der Waals surface area contributed by atoms with E-state index in [-0.39, 0.29) is 11.8 Å². The number of carbonyl (C=O) groups is 2. The monoisotopic (exact) mass is 465 g/mol. The maximum atomic E-state index is 13.0. The minimum atomic E-state index is -2.09. The first kappa shape index (κ1) is 18.3. The van der Waals surface area contributed by atoms with E-state index >= 15 is 0 Å². The van der Waals surface area contributed by atoms with E-state index in [0.717, 1.165) is 0 Å². The summed E-state index contributed by atoms with van der Waals surface area (Å²) < 4.78 is 7.62. The molecule has 2 aromatic rings. The van der Waals surface area contributed by atoms with Crippen LogP contribution in [-0.2, 0) is 18.3 Å². The van der Waals surface area contributed by atoms with E-state index in [4.69, 9.17) is 24.1 Å². The second-order valence-electron chi connectivity index (χ2n) is 5.36. The molecule has 3 rings (SSSR count). The van der Waals surface area contributed by atoms with Crippen LogP contribution in [0.15, 0.2) is 48.5 Å². The maximum absolute atomic E-state index is 13.0. The van der Waals surface area contributed by atoms with Crippen LogP contribution in [0.1, 0.15) is 29.3 Å². The Balaban J connectivity index is 2.15. The van der Waals surface area contributed by atoms with Crippen molar-refractivity contribution < 1.29 is 27.8 Å². The molecule has 4 nitrogen and oxygen atoms in total. The number of fused-ring (bicyclic) bond motifs is 1. The summed E-state index contributed by atoms with van der Waals surface area (Å²) in [6.45, 7) is 1.84. The molecule has 0 N–H and O–H groups in total. The molecular weight excluding hydrogens is 450 g/mol. The molecule has 7 heteroatoms. The molecule has 1 atom stereocenters. The molecule has 0 radical (unpaired) electrons. The molecule has 2 amide bonds. The second kappa shape index (κ2) is 7.78. The minimum absolute atomic E-state index is 0.369. The van der Waals surface area contributed by atoms with Crippen LogP contribution in [0.3, 0.4) is 0 Å². The molecule has 0 bridgehead atoms. The van der Waals surface area contributed by atoms with Crippen LogP contribution < -0.4 is 9.64 Å². The van der Waals surface area contributed by atoms with Crippen molar-refractivity contribution in [2.75, 3.05) is 4.90 Å². The van der Waals surface area contributed by atoms with Gasteiger partial charge in [-0.2, -0.15) is 0 Å². The number of halogens is 2. The van der Waals surface area contributed by atoms with Gasteiger partial charge in [0.15, 0.2) is 0 Å². The Labute approximate surface area is 158 Å². The van der Waals surface area contributed by atoms with Gasteiger partial charge in [-0.1, -0.05) is 0 Å². The Bertz CT molecular complexity index is 851. The van der Waals surface area contributed by atoms with Gasteiger partial charge < -0.3 is 0 Å². The number of amides is 2. The molecule has 0 spiro atoms. The third-order valence-corrected chi connectivity index (χ3v) is 5.64. The molecule has 1 unspecified atom stereocenters. The Morgan fingerprint density at radius 3 is 2.56 bits per heavy atom. The first-order chi connectivity index (χ1) is 12.0. The normalized spacial score (nSPS) is 16.8. The summed E-state index contributed by atoms with van der Waals surface area (Å²) in [6.07, 6.45) is -0.269. The summed E-state index contributed by atoms with van der Waals surface area (Å²) in [5.74, 6) is -0.276. The predicted molar refractivity (Wildman–Crippen MR) is 96.3 cm³/mol. The van der Waals surface area contributed by atoms with Gasteiger partial charge >= 0.3 is 159 Å². The summed E-state index contributed by atoms with van der Waals surface area (Å²) in [5.41, 5.74) is 1.56. The van der Waals surface area contributed by atoms with Gasteiger partial charge in [0, 0.05) is 0 Å². The van der Waals surface area contributed by atoms with E-state index < -0.39 is 19.6 Å². The molecule has 1 heterocycles. The quantitative estimate of drug-likeness (QED) is 0.507. The topological polar surface area (TPSA) is 46.6 Å². The summed E-state index contributed by atoms with van der Waals surface area (Å²) in [5, 5.41) is 0. The van der Waals surface area contributed by atoms with Crippen LogP contribution in [0.25, 0.3) is 0 Å². The van der Waals surface area contributed by atoms with Crippen molar-refractivity contribution in [1.82, 2.24) is 0 Å². The van der Waals surface area contributed by atoms with Crippen molar-refractivity contribution in [1.29, 1.82) is 0 Å². The number of ether oxygens (including phenoxy) is 1. The fourth-order valence-corrected chi connectivity index (χ4v) is 4.43. The Kier molecular flexibility index (Phi) is 5.68. The number of benzene rings is 2. The number of rotatable bonds is 3. The van der Waals surface area contributed by atoms with Gasteiger partial charge in [0.1, 0.15) is 0 Å². The number of hydrogen-bond acceptors (Lipinski definition) is 3. The van der Waals surface area contributed by atoms with Crippen LogP contribution in [0, 0.1) is 0 Å². The van der Waals surface area contributed by atoms with Crippen molar-refractivity contribution in [3.05, 3.63) is 59.7 Å². The molecule has 0 aromatic heterocycles. The number of carbonyl (C=O) groups excluding carboxylic acids is 2. The van der Waals surface area contributed by atoms with Crippen LogP contribution in [0.5, 0.6) is 5.75 Å². The number of imide groups is 1. The van der Waals surface area contributed by atoms with Crippen LogP contribution in [0.2, 0.25) is 0 Å². The van der Waals surface area contributed by atoms with Crippen LogP contribution in [-0.4, -0.2) is 22.5 Å². The molecule has 0 fully saturated rings. The van der Waals surface area contributed by atoms with Crippen molar-refractivity contribution in [3.8, 4) is 5.75 Å². The molecule has 1 aliphatic heterocycles. The number of anilines is 1. The molecular formula is C18H15Cl2NO3Ru. The molecule has 0 saturated carbocycles. The zero-order valence-electron chi connectivity index (χ0n) is 13.3. The van der Waals surface area contributed by atoms with Gasteiger partial charge in [0.05, 0.1) is 0 Å². The van der Waals surface area contributed by atoms with Gasteiger partial charge in [0.25, 0.3) is 0 Å². The zero-order valence-corrected chi connectivity index (χ0v) is 16.5. The average Bonchev–Trinajstić information content (AvgIpc) is 2.61. The molecule has 1 aliphatic rings. The van der Waals surface area contributed by atoms with E-state index in [1.54, 1.807) is 41.0 Å². The molecule has 0 aliphatic carbocycles. The predicted octanol–water partition coefficient (Wildman–Crippen LogP) is 4.11. The van der Waals surface area contributed by atoms with Gasteiger partial charge in [-0.15, -0.1) is 0 Å². The number of hydrogen-bond donors (Lipinski definition) is 0. The van der Waals surface area contributed by atoms with Crippen LogP contribution in [0.4, 0.5) is 5.69 Å². The second-order valence-corrected chi connectivity index (χ2v) is 11.1. The fourth-order valence-electron chi connectivity index (χ4n) is 2.64.